The van der Waals surface area contributed by atoms with Crippen LogP contribution in [0.3, 0.4) is 0 Å². The summed E-state index contributed by atoms with van der Waals surface area (Å²) in [6.07, 6.45) is -0.115. The Morgan fingerprint density at radius 2 is 1.00 bits per heavy atom. The van der Waals surface area contributed by atoms with Gasteiger partial charge in [-0.05, 0) is 120 Å². The molecule has 0 saturated heterocycles. The minimum Gasteiger partial charge on any atom is -0.505 e. The molecule has 2 aromatic heterocycles. The number of aryl methyl sites for hydroxylation is 3. The van der Waals surface area contributed by atoms with Crippen molar-refractivity contribution in [1.82, 2.24) is 19.8 Å². The number of halogens is 5. The van der Waals surface area contributed by atoms with Crippen molar-refractivity contribution in [2.24, 2.45) is 0 Å². The van der Waals surface area contributed by atoms with Gasteiger partial charge in [0.25, 0.3) is 11.8 Å². The second-order valence-corrected chi connectivity index (χ2v) is 17.5. The normalized spacial score (nSPS) is 13.3. The number of phenolic OH excluding ortho intramolecular Hbond substituents is 2. The highest BCUT2D eigenvalue weighted by Gasteiger charge is 2.37. The van der Waals surface area contributed by atoms with Crippen LogP contribution in [-0.2, 0) is 32.1 Å². The monoisotopic (exact) mass is 906 g/mol. The molecule has 0 aliphatic carbocycles. The van der Waals surface area contributed by atoms with Gasteiger partial charge >= 0.3 is 6.18 Å². The summed E-state index contributed by atoms with van der Waals surface area (Å²) in [5, 5.41) is 22.8. The Hall–Kier alpha value is -7.67. The first-order valence-corrected chi connectivity index (χ1v) is 21.5. The molecule has 0 radical (unpaired) electrons. The zero-order valence-corrected chi connectivity index (χ0v) is 37.1. The largest absolute Gasteiger partial charge is 0.505 e. The quantitative estimate of drug-likeness (QED) is 0.161. The van der Waals surface area contributed by atoms with Crippen LogP contribution in [0.1, 0.15) is 76.4 Å². The van der Waals surface area contributed by atoms with E-state index in [9.17, 15) is 41.8 Å². The third-order valence-corrected chi connectivity index (χ3v) is 12.4. The molecule has 2 aliphatic heterocycles. The van der Waals surface area contributed by atoms with Crippen molar-refractivity contribution in [3.8, 4) is 33.8 Å². The molecule has 0 unspecified atom stereocenters. The van der Waals surface area contributed by atoms with E-state index in [-0.39, 0.29) is 63.8 Å². The van der Waals surface area contributed by atoms with E-state index in [0.29, 0.717) is 51.4 Å². The van der Waals surface area contributed by atoms with Crippen LogP contribution in [0.2, 0.25) is 0 Å². The topological polar surface area (TPSA) is 107 Å². The predicted molar refractivity (Wildman–Crippen MR) is 247 cm³/mol. The molecule has 0 bridgehead atoms. The number of phenols is 2. The summed E-state index contributed by atoms with van der Waals surface area (Å²) in [6.45, 7) is 5.96. The van der Waals surface area contributed by atoms with Crippen molar-refractivity contribution < 1.29 is 41.8 Å². The summed E-state index contributed by atoms with van der Waals surface area (Å²) < 4.78 is 70.8. The number of pyridine rings is 2. The van der Waals surface area contributed by atoms with Gasteiger partial charge in [0, 0.05) is 55.9 Å². The third-order valence-electron chi connectivity index (χ3n) is 12.4. The van der Waals surface area contributed by atoms with Gasteiger partial charge in [0.05, 0.1) is 22.3 Å². The molecular formula is C54H43F5N4O4. The van der Waals surface area contributed by atoms with Gasteiger partial charge in [-0.2, -0.15) is 13.2 Å². The van der Waals surface area contributed by atoms with Crippen molar-refractivity contribution in [3.63, 3.8) is 0 Å². The van der Waals surface area contributed by atoms with Crippen LogP contribution in [0.15, 0.2) is 109 Å². The lowest BCUT2D eigenvalue weighted by Gasteiger charge is -2.17. The molecule has 2 aliphatic rings. The summed E-state index contributed by atoms with van der Waals surface area (Å²) in [4.78, 5) is 37.3. The van der Waals surface area contributed by atoms with Crippen LogP contribution in [0.25, 0.3) is 44.1 Å². The highest BCUT2D eigenvalue weighted by molar-refractivity contribution is 6.13. The zero-order chi connectivity index (χ0) is 47.6. The van der Waals surface area contributed by atoms with Crippen LogP contribution in [0.5, 0.6) is 11.5 Å². The van der Waals surface area contributed by atoms with Crippen LogP contribution in [0, 0.1) is 32.4 Å². The lowest BCUT2D eigenvalue weighted by atomic mass is 9.89. The first-order valence-electron chi connectivity index (χ1n) is 21.5. The Balaban J connectivity index is 0.000000169. The lowest BCUT2D eigenvalue weighted by molar-refractivity contribution is -0.137. The number of amides is 2. The van der Waals surface area contributed by atoms with E-state index < -0.39 is 29.3 Å². The van der Waals surface area contributed by atoms with Gasteiger partial charge in [0.2, 0.25) is 0 Å². The minimum absolute atomic E-state index is 0.0523. The summed E-state index contributed by atoms with van der Waals surface area (Å²) in [7, 11) is 3.19. The molecule has 2 amide bonds. The van der Waals surface area contributed by atoms with Gasteiger partial charge in [-0.25, -0.2) is 8.78 Å². The fraction of sp³-hybridized carbons (Fsp3) is 0.185. The Bertz CT molecular complexity index is 3310. The molecule has 8 aromatic rings. The molecule has 2 N–H and O–H groups in total. The van der Waals surface area contributed by atoms with Gasteiger partial charge in [-0.1, -0.05) is 71.8 Å². The minimum atomic E-state index is -4.52. The maximum atomic E-state index is 14.9. The van der Waals surface area contributed by atoms with E-state index >= 15 is 0 Å². The van der Waals surface area contributed by atoms with E-state index in [0.717, 1.165) is 45.5 Å². The van der Waals surface area contributed by atoms with Crippen molar-refractivity contribution in [3.05, 3.63) is 188 Å². The van der Waals surface area contributed by atoms with Crippen molar-refractivity contribution >= 4 is 33.6 Å². The predicted octanol–water partition coefficient (Wildman–Crippen LogP) is 11.8. The number of carbonyl (C=O) groups excluding carboxylic acids is 2. The van der Waals surface area contributed by atoms with E-state index in [1.165, 1.54) is 28.0 Å². The number of benzene rings is 6. The molecule has 10 rings (SSSR count). The van der Waals surface area contributed by atoms with Crippen LogP contribution in [0.4, 0.5) is 22.0 Å². The maximum Gasteiger partial charge on any atom is 0.416 e. The number of hydrogen-bond donors (Lipinski definition) is 2. The van der Waals surface area contributed by atoms with Gasteiger partial charge < -0.3 is 20.0 Å². The molecule has 0 saturated carbocycles. The second-order valence-electron chi connectivity index (χ2n) is 17.5. The molecule has 13 heteroatoms. The van der Waals surface area contributed by atoms with E-state index in [1.54, 1.807) is 45.5 Å². The fourth-order valence-electron chi connectivity index (χ4n) is 9.17. The summed E-state index contributed by atoms with van der Waals surface area (Å²) >= 11 is 0. The molecule has 0 atom stereocenters. The summed E-state index contributed by atoms with van der Waals surface area (Å²) in [5.74, 6) is -2.74. The van der Waals surface area contributed by atoms with Crippen LogP contribution in [-0.4, -0.2) is 55.9 Å². The van der Waals surface area contributed by atoms with Crippen LogP contribution < -0.4 is 0 Å². The number of nitrogens with zero attached hydrogens (tertiary/aromatic N) is 4. The van der Waals surface area contributed by atoms with Crippen molar-refractivity contribution in [2.75, 3.05) is 14.1 Å². The smallest absolute Gasteiger partial charge is 0.416 e. The third kappa shape index (κ3) is 8.19. The maximum absolute atomic E-state index is 14.9. The van der Waals surface area contributed by atoms with Crippen molar-refractivity contribution in [1.29, 1.82) is 0 Å². The highest BCUT2D eigenvalue weighted by Crippen LogP contribution is 2.47. The number of alkyl halides is 3. The van der Waals surface area contributed by atoms with E-state index in [1.807, 2.05) is 68.4 Å². The second kappa shape index (κ2) is 17.0. The highest BCUT2D eigenvalue weighted by atomic mass is 19.4. The Morgan fingerprint density at radius 1 is 0.552 bits per heavy atom. The molecular weight excluding hydrogens is 864 g/mol. The summed E-state index contributed by atoms with van der Waals surface area (Å²) in [6, 6.07) is 27.4. The number of carbonyl (C=O) groups is 2. The Kier molecular flexibility index (Phi) is 11.3. The molecule has 338 valence electrons. The van der Waals surface area contributed by atoms with E-state index in [2.05, 4.69) is 9.97 Å². The van der Waals surface area contributed by atoms with Crippen molar-refractivity contribution in [2.45, 2.75) is 52.9 Å². The number of aromatic nitrogens is 2. The molecule has 0 spiro atoms. The van der Waals surface area contributed by atoms with Gasteiger partial charge in [-0.3, -0.25) is 19.6 Å². The van der Waals surface area contributed by atoms with Crippen LogP contribution >= 0.6 is 0 Å². The molecule has 67 heavy (non-hydrogen) atoms. The molecule has 4 heterocycles. The van der Waals surface area contributed by atoms with Gasteiger partial charge in [0.15, 0.2) is 11.5 Å². The molecule has 0 fully saturated rings. The average Bonchev–Trinajstić information content (AvgIpc) is 3.75. The summed E-state index contributed by atoms with van der Waals surface area (Å²) in [5.41, 5.74) is 8.09. The first-order chi connectivity index (χ1) is 31.9. The number of fused-ring (bicyclic) bond motifs is 4. The fourth-order valence-corrected chi connectivity index (χ4v) is 9.17. The van der Waals surface area contributed by atoms with Gasteiger partial charge in [0.1, 0.15) is 22.7 Å². The first kappa shape index (κ1) is 44.5. The average molecular weight is 907 g/mol. The SMILES string of the molecule is Cc1ccc(Cc2cnc3c(O)c4c(c(-c5c(F)cccc5F)c3c2)CN(C)C4=O)cc1.Cc1ccc(Cc2cnc3c(O)c4c(c(-c5cc(C)cc(C(F)(F)F)c5)c3c2)CN(C)C4=O)cc1. The van der Waals surface area contributed by atoms with E-state index in [4.69, 9.17) is 0 Å². The van der Waals surface area contributed by atoms with Gasteiger partial charge in [-0.15, -0.1) is 0 Å². The molecule has 6 aromatic carbocycles. The lowest BCUT2D eigenvalue weighted by Crippen LogP contribution is -2.17. The molecule has 8 nitrogen and oxygen atoms in total. The Morgan fingerprint density at radius 3 is 1.46 bits per heavy atom. The number of hydrogen-bond acceptors (Lipinski definition) is 6. The Labute approximate surface area is 382 Å². The zero-order valence-electron chi connectivity index (χ0n) is 37.1. The standard InChI is InChI=1S/C28H23F3N2O2.C26H20F2N2O2/c1-15-4-6-17(7-5-15)10-18-11-21-23(19-8-16(2)9-20(12-19)28(29,30)31)22-14-33(3)27(35)24(22)26(34)25(21)32-13-18;1-14-6-8-15(9-7-14)10-16-11-17-21(23-19(27)4-3-5-20(23)28)18-13-30(2)26(32)22(18)25(31)24(17)29-12-16/h4-9,11-13,34H,10,14H2,1-3H3;3-9,11-12,31H,10,13H2,1-2H3. The number of rotatable bonds is 6. The number of aromatic hydroxyl groups is 2.